The highest BCUT2D eigenvalue weighted by Crippen LogP contribution is 2.50. The smallest absolute Gasteiger partial charge is 0.242 e. The number of hydrogen-bond donors (Lipinski definition) is 4. The Kier molecular flexibility index (Phi) is 6.85. The minimum Gasteiger partial charge on any atom is -0.507 e. The molecular formula is C30H32N2O9. The zero-order valence-electron chi connectivity index (χ0n) is 22.9. The second-order valence-corrected chi connectivity index (χ2v) is 10.9. The van der Waals surface area contributed by atoms with E-state index in [9.17, 15) is 29.7 Å². The molecule has 11 nitrogen and oxygen atoms in total. The molecule has 3 heterocycles. The third-order valence-electron chi connectivity index (χ3n) is 8.25. The molecule has 0 radical (unpaired) electrons. The standard InChI is InChI=1S/C30H32N2O9/c1-13-10-16-22(18(33)11-13)24-25(32(30(16)39-3)17-7-5-9-31-29(17)38)28(37)23-15(27(24)36)6-4-8-20(23)41-21-12-19(34)26(35)14(2)40-21/h4,6,8,10-11,14,17,19,21,26,30,33-35H,5,7,9,12H2,1-3H3,(H,31,38)/t14-,17-,19+,21-,26-,30?/m0/s1. The van der Waals surface area contributed by atoms with E-state index in [0.717, 1.165) is 5.56 Å². The first-order valence-electron chi connectivity index (χ1n) is 13.7. The van der Waals surface area contributed by atoms with E-state index < -0.39 is 48.4 Å². The number of ketones is 2. The normalized spacial score (nSPS) is 29.5. The Hall–Kier alpha value is -3.77. The average molecular weight is 565 g/mol. The van der Waals surface area contributed by atoms with Crippen molar-refractivity contribution in [3.05, 3.63) is 63.8 Å². The van der Waals surface area contributed by atoms with E-state index >= 15 is 0 Å². The van der Waals surface area contributed by atoms with Crippen molar-refractivity contribution in [3.63, 3.8) is 0 Å². The number of aliphatic hydroxyl groups is 2. The number of Topliss-reactive ketones (excluding diaryl/α,β-unsaturated/α-hetero) is 2. The number of carbonyl (C=O) groups is 3. The van der Waals surface area contributed by atoms with Crippen molar-refractivity contribution in [2.24, 2.45) is 0 Å². The van der Waals surface area contributed by atoms with E-state index in [1.165, 1.54) is 25.3 Å². The number of carbonyl (C=O) groups excluding carboxylic acids is 3. The summed E-state index contributed by atoms with van der Waals surface area (Å²) in [5.41, 5.74) is 1.41. The molecule has 4 aliphatic rings. The van der Waals surface area contributed by atoms with Gasteiger partial charge < -0.3 is 39.7 Å². The second kappa shape index (κ2) is 10.3. The van der Waals surface area contributed by atoms with E-state index in [1.54, 1.807) is 30.9 Å². The van der Waals surface area contributed by atoms with Gasteiger partial charge in [0, 0.05) is 36.8 Å². The van der Waals surface area contributed by atoms with Gasteiger partial charge in [-0.25, -0.2) is 0 Å². The minimum absolute atomic E-state index is 0.0000865. The molecule has 1 amide bonds. The van der Waals surface area contributed by atoms with Gasteiger partial charge in [-0.1, -0.05) is 18.2 Å². The number of hydrogen-bond acceptors (Lipinski definition) is 10. The largest absolute Gasteiger partial charge is 0.507 e. The summed E-state index contributed by atoms with van der Waals surface area (Å²) < 4.78 is 17.6. The minimum atomic E-state index is -1.10. The Morgan fingerprint density at radius 1 is 1.10 bits per heavy atom. The molecule has 41 heavy (non-hydrogen) atoms. The summed E-state index contributed by atoms with van der Waals surface area (Å²) in [7, 11) is 1.45. The highest BCUT2D eigenvalue weighted by molar-refractivity contribution is 6.41. The third kappa shape index (κ3) is 4.31. The van der Waals surface area contributed by atoms with Crippen LogP contribution in [0, 0.1) is 6.92 Å². The van der Waals surface area contributed by atoms with Gasteiger partial charge in [0.25, 0.3) is 0 Å². The van der Waals surface area contributed by atoms with Crippen LogP contribution in [0.1, 0.15) is 69.8 Å². The Labute approximate surface area is 236 Å². The molecule has 4 N–H and O–H groups in total. The van der Waals surface area contributed by atoms with E-state index in [0.29, 0.717) is 24.9 Å². The zero-order chi connectivity index (χ0) is 29.2. The number of benzene rings is 2. The topological polar surface area (TPSA) is 155 Å². The monoisotopic (exact) mass is 564 g/mol. The zero-order valence-corrected chi connectivity index (χ0v) is 22.9. The average Bonchev–Trinajstić information content (AvgIpc) is 2.93. The fourth-order valence-corrected chi connectivity index (χ4v) is 6.36. The second-order valence-electron chi connectivity index (χ2n) is 10.9. The summed E-state index contributed by atoms with van der Waals surface area (Å²) in [6, 6.07) is 7.12. The number of fused-ring (bicyclic) bond motifs is 3. The molecule has 0 saturated carbocycles. The SMILES string of the molecule is COC1c2cc(C)cc(O)c2C2=C(C(=O)c3c(O[C@H]4C[C@@H](O)[C@@H](O)[C@H](C)O4)cccc3C2=O)N1[C@H]1CCCNC1=O. The van der Waals surface area contributed by atoms with Crippen LogP contribution in [0.15, 0.2) is 36.0 Å². The van der Waals surface area contributed by atoms with Gasteiger partial charge in [0.05, 0.1) is 23.3 Å². The number of phenolic OH excluding ortho intramolecular Hbond substituents is 1. The number of aryl methyl sites for hydroxylation is 1. The Bertz CT molecular complexity index is 1470. The summed E-state index contributed by atoms with van der Waals surface area (Å²) in [6.45, 7) is 3.89. The van der Waals surface area contributed by atoms with Gasteiger partial charge in [-0.15, -0.1) is 0 Å². The Balaban J connectivity index is 1.52. The van der Waals surface area contributed by atoms with Crippen molar-refractivity contribution in [1.29, 1.82) is 0 Å². The predicted octanol–water partition coefficient (Wildman–Crippen LogP) is 1.97. The van der Waals surface area contributed by atoms with Crippen molar-refractivity contribution in [2.75, 3.05) is 13.7 Å². The predicted molar refractivity (Wildman–Crippen MR) is 144 cm³/mol. The summed E-state index contributed by atoms with van der Waals surface area (Å²) in [6.07, 6.45) is -3.79. The quantitative estimate of drug-likeness (QED) is 0.433. The van der Waals surface area contributed by atoms with E-state index in [2.05, 4.69) is 5.32 Å². The van der Waals surface area contributed by atoms with Crippen LogP contribution in [-0.2, 0) is 14.3 Å². The number of nitrogens with zero attached hydrogens (tertiary/aromatic N) is 1. The van der Waals surface area contributed by atoms with Gasteiger partial charge in [-0.05, 0) is 44.4 Å². The van der Waals surface area contributed by atoms with Gasteiger partial charge in [-0.2, -0.15) is 0 Å². The Morgan fingerprint density at radius 3 is 2.59 bits per heavy atom. The van der Waals surface area contributed by atoms with Gasteiger partial charge in [0.2, 0.25) is 18.0 Å². The van der Waals surface area contributed by atoms with Crippen molar-refractivity contribution in [1.82, 2.24) is 10.2 Å². The number of rotatable bonds is 4. The van der Waals surface area contributed by atoms with Crippen LogP contribution in [0.2, 0.25) is 0 Å². The number of methoxy groups -OCH3 is 1. The van der Waals surface area contributed by atoms with Crippen LogP contribution in [0.4, 0.5) is 0 Å². The third-order valence-corrected chi connectivity index (χ3v) is 8.25. The number of amides is 1. The molecule has 6 rings (SSSR count). The molecule has 6 atom stereocenters. The highest BCUT2D eigenvalue weighted by atomic mass is 16.7. The lowest BCUT2D eigenvalue weighted by molar-refractivity contribution is -0.216. The van der Waals surface area contributed by atoms with Crippen LogP contribution in [0.25, 0.3) is 5.57 Å². The molecule has 2 aromatic carbocycles. The van der Waals surface area contributed by atoms with Crippen molar-refractivity contribution >= 4 is 23.0 Å². The Morgan fingerprint density at radius 2 is 1.88 bits per heavy atom. The maximum absolute atomic E-state index is 14.5. The van der Waals surface area contributed by atoms with Crippen LogP contribution >= 0.6 is 0 Å². The first-order chi connectivity index (χ1) is 19.6. The van der Waals surface area contributed by atoms with Crippen LogP contribution in [0.3, 0.4) is 0 Å². The number of aliphatic hydroxyl groups excluding tert-OH is 2. The molecule has 216 valence electrons. The number of phenols is 1. The molecular weight excluding hydrogens is 532 g/mol. The lowest BCUT2D eigenvalue weighted by Crippen LogP contribution is -2.54. The molecule has 3 aliphatic heterocycles. The highest BCUT2D eigenvalue weighted by Gasteiger charge is 2.49. The van der Waals surface area contributed by atoms with Gasteiger partial charge in [0.15, 0.2) is 12.0 Å². The number of piperidine rings is 1. The maximum atomic E-state index is 14.5. The summed E-state index contributed by atoms with van der Waals surface area (Å²) in [5, 5.41) is 34.3. The van der Waals surface area contributed by atoms with Crippen molar-refractivity contribution in [2.45, 2.75) is 70.0 Å². The fourth-order valence-electron chi connectivity index (χ4n) is 6.36. The van der Waals surface area contributed by atoms with Crippen LogP contribution in [-0.4, -0.2) is 82.0 Å². The molecule has 0 aromatic heterocycles. The summed E-state index contributed by atoms with van der Waals surface area (Å²) >= 11 is 0. The fraction of sp³-hybridized carbons (Fsp3) is 0.433. The number of allylic oxidation sites excluding steroid dienone is 2. The van der Waals surface area contributed by atoms with Crippen LogP contribution < -0.4 is 10.1 Å². The molecule has 0 spiro atoms. The first-order valence-corrected chi connectivity index (χ1v) is 13.7. The van der Waals surface area contributed by atoms with Crippen LogP contribution in [0.5, 0.6) is 11.5 Å². The summed E-state index contributed by atoms with van der Waals surface area (Å²) in [4.78, 5) is 43.5. The number of aromatic hydroxyl groups is 1. The van der Waals surface area contributed by atoms with E-state index in [-0.39, 0.29) is 51.8 Å². The molecule has 2 aromatic rings. The first kappa shape index (κ1) is 27.4. The molecule has 2 fully saturated rings. The van der Waals surface area contributed by atoms with E-state index in [1.807, 2.05) is 0 Å². The number of nitrogens with one attached hydrogen (secondary N) is 1. The van der Waals surface area contributed by atoms with Gasteiger partial charge in [-0.3, -0.25) is 14.4 Å². The maximum Gasteiger partial charge on any atom is 0.242 e. The summed E-state index contributed by atoms with van der Waals surface area (Å²) in [5.74, 6) is -1.48. The van der Waals surface area contributed by atoms with Gasteiger partial charge in [0.1, 0.15) is 29.3 Å². The van der Waals surface area contributed by atoms with Gasteiger partial charge >= 0.3 is 0 Å². The molecule has 0 bridgehead atoms. The van der Waals surface area contributed by atoms with Crippen molar-refractivity contribution < 1.29 is 43.9 Å². The van der Waals surface area contributed by atoms with E-state index in [4.69, 9.17) is 14.2 Å². The molecule has 1 aliphatic carbocycles. The lowest BCUT2D eigenvalue weighted by Gasteiger charge is -2.46. The number of ether oxygens (including phenoxy) is 3. The molecule has 2 saturated heterocycles. The molecule has 11 heteroatoms. The molecule has 1 unspecified atom stereocenters. The lowest BCUT2D eigenvalue weighted by atomic mass is 9.77. The van der Waals surface area contributed by atoms with Crippen molar-refractivity contribution in [3.8, 4) is 11.5 Å².